The SMILES string of the molecule is Cc1cc(S(=O)(=O)NCCOCCOCCNC(=O)NCCCCNC(=O)NCCOCCOCCNS(=O)(=O)c2cc(C)c(O[C@@H]3CCc4c(Cl)cc(Cl)cc43)c(C)c2)cc(C)c1O[C@@H]1CCc2c(Cl)cc(Cl)cc21. The van der Waals surface area contributed by atoms with Crippen LogP contribution in [0, 0.1) is 27.7 Å². The highest BCUT2D eigenvalue weighted by Gasteiger charge is 2.30. The Morgan fingerprint density at radius 2 is 0.803 bits per heavy atom. The molecule has 18 nitrogen and oxygen atoms in total. The summed E-state index contributed by atoms with van der Waals surface area (Å²) in [4.78, 5) is 24.5. The third-order valence-corrected chi connectivity index (χ3v) is 16.5. The maximum absolute atomic E-state index is 13.1. The molecule has 4 aromatic rings. The molecule has 2 aliphatic carbocycles. The number of carbonyl (C=O) groups is 2. The number of carbonyl (C=O) groups excluding carboxylic acids is 2. The van der Waals surface area contributed by atoms with E-state index in [4.69, 9.17) is 74.8 Å². The van der Waals surface area contributed by atoms with Crippen molar-refractivity contribution in [3.8, 4) is 11.5 Å². The van der Waals surface area contributed by atoms with Gasteiger partial charge in [-0.25, -0.2) is 35.9 Å². The van der Waals surface area contributed by atoms with Crippen molar-refractivity contribution in [2.45, 2.75) is 88.2 Å². The minimum atomic E-state index is -3.80. The first-order valence-electron chi connectivity index (χ1n) is 25.2. The van der Waals surface area contributed by atoms with Gasteiger partial charge in [-0.05, 0) is 159 Å². The van der Waals surface area contributed by atoms with Crippen molar-refractivity contribution in [2.75, 3.05) is 92.1 Å². The molecule has 2 aliphatic rings. The van der Waals surface area contributed by atoms with E-state index in [1.54, 1.807) is 36.4 Å². The zero-order valence-corrected chi connectivity index (χ0v) is 47.8. The predicted molar refractivity (Wildman–Crippen MR) is 294 cm³/mol. The van der Waals surface area contributed by atoms with Gasteiger partial charge in [0.2, 0.25) is 20.0 Å². The van der Waals surface area contributed by atoms with E-state index in [0.29, 0.717) is 79.8 Å². The largest absolute Gasteiger partial charge is 0.485 e. The maximum Gasteiger partial charge on any atom is 0.314 e. The Hall–Kier alpha value is -4.16. The Kier molecular flexibility index (Phi) is 23.9. The molecule has 0 unspecified atom stereocenters. The summed E-state index contributed by atoms with van der Waals surface area (Å²) in [5.74, 6) is 1.26. The van der Waals surface area contributed by atoms with Crippen molar-refractivity contribution in [1.82, 2.24) is 30.7 Å². The molecule has 6 rings (SSSR count). The van der Waals surface area contributed by atoms with Crippen LogP contribution in [0.2, 0.25) is 20.1 Å². The molecule has 0 spiro atoms. The van der Waals surface area contributed by atoms with Crippen LogP contribution in [0.3, 0.4) is 0 Å². The van der Waals surface area contributed by atoms with Crippen molar-refractivity contribution >= 4 is 78.5 Å². The van der Waals surface area contributed by atoms with Crippen molar-refractivity contribution in [3.63, 3.8) is 0 Å². The van der Waals surface area contributed by atoms with Gasteiger partial charge in [0.05, 0.1) is 62.6 Å². The Balaban J connectivity index is 0.699. The van der Waals surface area contributed by atoms with Crippen LogP contribution in [0.5, 0.6) is 11.5 Å². The summed E-state index contributed by atoms with van der Waals surface area (Å²) in [7, 11) is -7.60. The molecule has 0 saturated carbocycles. The molecule has 4 amide bonds. The number of aryl methyl sites for hydroxylation is 4. The number of hydrogen-bond acceptors (Lipinski definition) is 12. The fraction of sp³-hybridized carbons (Fsp3) is 0.500. The van der Waals surface area contributed by atoms with Gasteiger partial charge in [-0.1, -0.05) is 46.4 Å². The molecular formula is C52H68Cl4N6O12S2. The normalized spacial score (nSPS) is 15.1. The topological polar surface area (TPSA) is 230 Å². The van der Waals surface area contributed by atoms with Gasteiger partial charge in [-0.3, -0.25) is 0 Å². The van der Waals surface area contributed by atoms with Gasteiger partial charge in [0, 0.05) is 59.4 Å². The van der Waals surface area contributed by atoms with Gasteiger partial charge in [0.1, 0.15) is 23.7 Å². The Bertz CT molecular complexity index is 2630. The second-order valence-electron chi connectivity index (χ2n) is 18.3. The third-order valence-electron chi connectivity index (χ3n) is 12.5. The van der Waals surface area contributed by atoms with Gasteiger partial charge in [-0.15, -0.1) is 0 Å². The number of rotatable bonds is 31. The molecule has 0 bridgehead atoms. The summed E-state index contributed by atoms with van der Waals surface area (Å²) in [5, 5.41) is 13.3. The first-order chi connectivity index (χ1) is 36.3. The molecule has 76 heavy (non-hydrogen) atoms. The number of sulfonamides is 2. The lowest BCUT2D eigenvalue weighted by atomic mass is 10.1. The minimum Gasteiger partial charge on any atom is -0.485 e. The number of ether oxygens (including phenoxy) is 6. The number of unbranched alkanes of at least 4 members (excludes halogenated alkanes) is 1. The molecule has 4 aromatic carbocycles. The third kappa shape index (κ3) is 18.2. The smallest absolute Gasteiger partial charge is 0.314 e. The first kappa shape index (κ1) is 61.1. The summed E-state index contributed by atoms with van der Waals surface area (Å²) >= 11 is 25.3. The molecular weight excluding hydrogens is 1110 g/mol. The number of benzene rings is 4. The highest BCUT2D eigenvalue weighted by Crippen LogP contribution is 2.43. The van der Waals surface area contributed by atoms with Crippen LogP contribution in [-0.4, -0.2) is 121 Å². The average molecular weight is 1180 g/mol. The fourth-order valence-corrected chi connectivity index (χ4v) is 12.4. The van der Waals surface area contributed by atoms with Crippen LogP contribution in [0.4, 0.5) is 9.59 Å². The van der Waals surface area contributed by atoms with Crippen LogP contribution in [0.1, 0.15) is 82.4 Å². The number of fused-ring (bicyclic) bond motifs is 2. The summed E-state index contributed by atoms with van der Waals surface area (Å²) in [6.45, 7) is 10.6. The van der Waals surface area contributed by atoms with E-state index in [0.717, 1.165) is 47.9 Å². The Morgan fingerprint density at radius 3 is 1.16 bits per heavy atom. The van der Waals surface area contributed by atoms with Crippen molar-refractivity contribution in [3.05, 3.63) is 113 Å². The number of amides is 4. The molecule has 0 aromatic heterocycles. The zero-order valence-electron chi connectivity index (χ0n) is 43.1. The molecule has 6 N–H and O–H groups in total. The lowest BCUT2D eigenvalue weighted by Gasteiger charge is -2.20. The van der Waals surface area contributed by atoms with Crippen molar-refractivity contribution < 1.29 is 54.8 Å². The van der Waals surface area contributed by atoms with Crippen molar-refractivity contribution in [2.24, 2.45) is 0 Å². The van der Waals surface area contributed by atoms with E-state index >= 15 is 0 Å². The van der Waals surface area contributed by atoms with Gasteiger partial charge >= 0.3 is 12.1 Å². The second-order valence-corrected chi connectivity index (χ2v) is 23.5. The van der Waals surface area contributed by atoms with Crippen LogP contribution >= 0.6 is 46.4 Å². The monoisotopic (exact) mass is 1170 g/mol. The van der Waals surface area contributed by atoms with Crippen LogP contribution < -0.4 is 40.2 Å². The quantitative estimate of drug-likeness (QED) is 0.0261. The van der Waals surface area contributed by atoms with Gasteiger partial charge < -0.3 is 49.7 Å². The maximum atomic E-state index is 13.1. The van der Waals surface area contributed by atoms with Crippen LogP contribution in [0.25, 0.3) is 0 Å². The van der Waals surface area contributed by atoms with Gasteiger partial charge in [0.25, 0.3) is 0 Å². The molecule has 418 valence electrons. The number of urea groups is 2. The van der Waals surface area contributed by atoms with Gasteiger partial charge in [-0.2, -0.15) is 0 Å². The standard InChI is InChI=1S/C52H68Cl4N6O12S2/c1-33-25-39(26-34(2)49(33)73-47-9-7-41-43(47)29-37(53)31-45(41)55)75(65,66)61-15-19-71-23-21-69-17-13-59-51(63)57-11-5-6-12-58-52(64)60-14-18-70-22-24-72-20-16-62-76(67,68)40-27-35(3)50(36(4)28-40)74-48-10-8-42-44(48)30-38(54)32-46(42)56/h25-32,47-48,61-62H,5-24H2,1-4H3,(H2,57,59,63)(H2,58,60,64)/t47-,48-/m1/s1. The summed E-state index contributed by atoms with van der Waals surface area (Å²) in [6, 6.07) is 12.9. The van der Waals surface area contributed by atoms with E-state index in [9.17, 15) is 26.4 Å². The first-order valence-corrected chi connectivity index (χ1v) is 29.7. The summed E-state index contributed by atoms with van der Waals surface area (Å²) < 4.78 is 92.2. The second kappa shape index (κ2) is 29.7. The van der Waals surface area contributed by atoms with Crippen molar-refractivity contribution in [1.29, 1.82) is 0 Å². The van der Waals surface area contributed by atoms with E-state index in [2.05, 4.69) is 30.7 Å². The lowest BCUT2D eigenvalue weighted by molar-refractivity contribution is 0.0516. The lowest BCUT2D eigenvalue weighted by Crippen LogP contribution is -2.39. The van der Waals surface area contributed by atoms with E-state index in [1.165, 1.54) is 0 Å². The number of halogens is 4. The average Bonchev–Trinajstić information content (AvgIpc) is 3.97. The van der Waals surface area contributed by atoms with Gasteiger partial charge in [0.15, 0.2) is 0 Å². The molecule has 0 aliphatic heterocycles. The minimum absolute atomic E-state index is 0.0702. The molecule has 0 fully saturated rings. The molecule has 0 saturated heterocycles. The summed E-state index contributed by atoms with van der Waals surface area (Å²) in [5.41, 5.74) is 6.73. The number of hydrogen-bond donors (Lipinski definition) is 6. The molecule has 0 heterocycles. The van der Waals surface area contributed by atoms with Crippen LogP contribution in [0.15, 0.2) is 58.3 Å². The molecule has 0 radical (unpaired) electrons. The van der Waals surface area contributed by atoms with E-state index in [-0.39, 0.29) is 113 Å². The Labute approximate surface area is 466 Å². The Morgan fingerprint density at radius 1 is 0.474 bits per heavy atom. The van der Waals surface area contributed by atoms with Crippen LogP contribution in [-0.2, 0) is 51.8 Å². The molecule has 24 heteroatoms. The summed E-state index contributed by atoms with van der Waals surface area (Å²) in [6.07, 6.45) is 3.87. The fourth-order valence-electron chi connectivity index (χ4n) is 8.80. The van der Waals surface area contributed by atoms with E-state index < -0.39 is 20.0 Å². The predicted octanol–water partition coefficient (Wildman–Crippen LogP) is 8.37. The highest BCUT2D eigenvalue weighted by molar-refractivity contribution is 7.89. The van der Waals surface area contributed by atoms with E-state index in [1.807, 2.05) is 39.8 Å². The molecule has 2 atom stereocenters. The zero-order chi connectivity index (χ0) is 54.8. The number of nitrogens with one attached hydrogen (secondary N) is 6. The highest BCUT2D eigenvalue weighted by atomic mass is 35.5.